The van der Waals surface area contributed by atoms with E-state index in [2.05, 4.69) is 5.32 Å². The van der Waals surface area contributed by atoms with E-state index in [1.807, 2.05) is 6.07 Å². The number of amides is 3. The molecule has 1 unspecified atom stereocenters. The highest BCUT2D eigenvalue weighted by molar-refractivity contribution is 8.01. The molecule has 1 saturated heterocycles. The molecule has 0 aromatic heterocycles. The number of fused-ring (bicyclic) bond motifs is 1. The van der Waals surface area contributed by atoms with E-state index in [1.54, 1.807) is 24.1 Å². The van der Waals surface area contributed by atoms with Gasteiger partial charge in [-0.25, -0.2) is 0 Å². The molecule has 8 heteroatoms. The Morgan fingerprint density at radius 2 is 1.81 bits per heavy atom. The molecule has 168 valence electrons. The summed E-state index contributed by atoms with van der Waals surface area (Å²) in [5.74, 6) is 0.0346. The Morgan fingerprint density at radius 3 is 2.52 bits per heavy atom. The van der Waals surface area contributed by atoms with Gasteiger partial charge in [0.25, 0.3) is 5.91 Å². The average molecular weight is 446 g/mol. The molecule has 3 amide bonds. The maximum atomic E-state index is 13.4. The summed E-state index contributed by atoms with van der Waals surface area (Å²) in [5.41, 5.74) is 0.664. The minimum Gasteiger partial charge on any atom is -0.497 e. The number of thioether (sulfide) groups is 1. The van der Waals surface area contributed by atoms with Gasteiger partial charge in [0.2, 0.25) is 11.8 Å². The second-order valence-corrected chi connectivity index (χ2v) is 9.69. The van der Waals surface area contributed by atoms with Crippen molar-refractivity contribution in [2.45, 2.75) is 67.6 Å². The number of rotatable bonds is 5. The van der Waals surface area contributed by atoms with Gasteiger partial charge in [-0.15, -0.1) is 11.8 Å². The summed E-state index contributed by atoms with van der Waals surface area (Å²) in [4.78, 5) is 43.5. The number of nitrogens with one attached hydrogen (secondary N) is 1. The van der Waals surface area contributed by atoms with E-state index in [0.717, 1.165) is 49.8 Å². The molecule has 1 aromatic rings. The van der Waals surface area contributed by atoms with E-state index in [1.165, 1.54) is 23.1 Å². The zero-order valence-electron chi connectivity index (χ0n) is 18.1. The van der Waals surface area contributed by atoms with Crippen molar-refractivity contribution in [1.82, 2.24) is 10.2 Å². The minimum absolute atomic E-state index is 0.0704. The van der Waals surface area contributed by atoms with Crippen molar-refractivity contribution < 1.29 is 19.1 Å². The van der Waals surface area contributed by atoms with Crippen LogP contribution in [0.4, 0.5) is 5.69 Å². The molecular weight excluding hydrogens is 414 g/mol. The number of ether oxygens (including phenoxy) is 1. The Kier molecular flexibility index (Phi) is 7.05. The van der Waals surface area contributed by atoms with Crippen LogP contribution < -0.4 is 15.0 Å². The van der Waals surface area contributed by atoms with Crippen LogP contribution in [0.3, 0.4) is 0 Å². The highest BCUT2D eigenvalue weighted by Crippen LogP contribution is 2.42. The van der Waals surface area contributed by atoms with Gasteiger partial charge in [-0.3, -0.25) is 14.4 Å². The highest BCUT2D eigenvalue weighted by atomic mass is 32.2. The van der Waals surface area contributed by atoms with Crippen LogP contribution in [-0.4, -0.2) is 60.7 Å². The molecule has 1 saturated carbocycles. The van der Waals surface area contributed by atoms with Crippen LogP contribution in [-0.2, 0) is 14.4 Å². The lowest BCUT2D eigenvalue weighted by Crippen LogP contribution is -2.53. The number of likely N-dealkylation sites (tertiary alicyclic amines) is 1. The highest BCUT2D eigenvalue weighted by Gasteiger charge is 2.41. The maximum absolute atomic E-state index is 13.4. The van der Waals surface area contributed by atoms with E-state index in [4.69, 9.17) is 4.74 Å². The lowest BCUT2D eigenvalue weighted by atomic mass is 9.95. The first-order chi connectivity index (χ1) is 15.1. The molecule has 2 heterocycles. The Hall–Kier alpha value is -2.22. The van der Waals surface area contributed by atoms with Gasteiger partial charge in [0.15, 0.2) is 5.25 Å². The zero-order chi connectivity index (χ0) is 21.8. The van der Waals surface area contributed by atoms with E-state index in [-0.39, 0.29) is 30.3 Å². The SMILES string of the molecule is COc1ccc2c(c1)SC(C(=O)N1CCCCC1)C(=O)N2CC(=O)NC1CCCCC1. The van der Waals surface area contributed by atoms with Crippen molar-refractivity contribution in [2.75, 3.05) is 31.6 Å². The van der Waals surface area contributed by atoms with Crippen LogP contribution in [0.2, 0.25) is 0 Å². The number of methoxy groups -OCH3 is 1. The molecule has 7 nitrogen and oxygen atoms in total. The minimum atomic E-state index is -0.861. The van der Waals surface area contributed by atoms with Gasteiger partial charge >= 0.3 is 0 Å². The number of carbonyl (C=O) groups is 3. The molecule has 1 aliphatic carbocycles. The number of nitrogens with zero attached hydrogens (tertiary/aromatic N) is 2. The molecular formula is C23H31N3O4S. The summed E-state index contributed by atoms with van der Waals surface area (Å²) >= 11 is 1.27. The Bertz CT molecular complexity index is 834. The summed E-state index contributed by atoms with van der Waals surface area (Å²) in [5, 5.41) is 2.23. The van der Waals surface area contributed by atoms with Crippen molar-refractivity contribution in [3.8, 4) is 5.75 Å². The normalized spacial score (nSPS) is 22.1. The Labute approximate surface area is 187 Å². The third-order valence-electron chi connectivity index (χ3n) is 6.36. The van der Waals surface area contributed by atoms with E-state index >= 15 is 0 Å². The van der Waals surface area contributed by atoms with Crippen LogP contribution in [0.25, 0.3) is 0 Å². The van der Waals surface area contributed by atoms with Crippen molar-refractivity contribution in [3.05, 3.63) is 18.2 Å². The second-order valence-electron chi connectivity index (χ2n) is 8.54. The Morgan fingerprint density at radius 1 is 1.10 bits per heavy atom. The zero-order valence-corrected chi connectivity index (χ0v) is 18.9. The van der Waals surface area contributed by atoms with Crippen molar-refractivity contribution in [3.63, 3.8) is 0 Å². The quantitative estimate of drug-likeness (QED) is 0.705. The summed E-state index contributed by atoms with van der Waals surface area (Å²) in [6.07, 6.45) is 8.48. The topological polar surface area (TPSA) is 79.0 Å². The van der Waals surface area contributed by atoms with Crippen molar-refractivity contribution in [2.24, 2.45) is 0 Å². The average Bonchev–Trinajstić information content (AvgIpc) is 2.81. The summed E-state index contributed by atoms with van der Waals surface area (Å²) < 4.78 is 5.34. The molecule has 2 aliphatic heterocycles. The molecule has 1 atom stereocenters. The fourth-order valence-corrected chi connectivity index (χ4v) is 5.85. The first-order valence-electron chi connectivity index (χ1n) is 11.3. The molecule has 1 N–H and O–H groups in total. The number of piperidine rings is 1. The fraction of sp³-hybridized carbons (Fsp3) is 0.609. The van der Waals surface area contributed by atoms with Gasteiger partial charge in [0.1, 0.15) is 12.3 Å². The monoisotopic (exact) mass is 445 g/mol. The second kappa shape index (κ2) is 9.94. The smallest absolute Gasteiger partial charge is 0.250 e. The van der Waals surface area contributed by atoms with Gasteiger partial charge in [-0.2, -0.15) is 0 Å². The number of benzene rings is 1. The summed E-state index contributed by atoms with van der Waals surface area (Å²) in [6, 6.07) is 5.60. The van der Waals surface area contributed by atoms with Crippen LogP contribution in [0, 0.1) is 0 Å². The number of hydrogen-bond acceptors (Lipinski definition) is 5. The largest absolute Gasteiger partial charge is 0.497 e. The van der Waals surface area contributed by atoms with Crippen molar-refractivity contribution in [1.29, 1.82) is 0 Å². The molecule has 4 rings (SSSR count). The summed E-state index contributed by atoms with van der Waals surface area (Å²) in [7, 11) is 1.59. The lowest BCUT2D eigenvalue weighted by Gasteiger charge is -2.36. The van der Waals surface area contributed by atoms with Gasteiger partial charge in [-0.05, 0) is 50.3 Å². The molecule has 0 spiro atoms. The van der Waals surface area contributed by atoms with Gasteiger partial charge in [-0.1, -0.05) is 19.3 Å². The Balaban J connectivity index is 1.55. The molecule has 31 heavy (non-hydrogen) atoms. The molecule has 2 fully saturated rings. The number of anilines is 1. The first kappa shape index (κ1) is 22.0. The van der Waals surface area contributed by atoms with Gasteiger partial charge in [0.05, 0.1) is 12.8 Å². The number of hydrogen-bond donors (Lipinski definition) is 1. The maximum Gasteiger partial charge on any atom is 0.250 e. The van der Waals surface area contributed by atoms with Crippen LogP contribution in [0.15, 0.2) is 23.1 Å². The van der Waals surface area contributed by atoms with E-state index in [9.17, 15) is 14.4 Å². The summed E-state index contributed by atoms with van der Waals surface area (Å²) in [6.45, 7) is 1.31. The molecule has 0 radical (unpaired) electrons. The van der Waals surface area contributed by atoms with Crippen molar-refractivity contribution >= 4 is 35.2 Å². The molecule has 0 bridgehead atoms. The van der Waals surface area contributed by atoms with E-state index < -0.39 is 5.25 Å². The van der Waals surface area contributed by atoms with E-state index in [0.29, 0.717) is 24.5 Å². The van der Waals surface area contributed by atoms with Gasteiger partial charge < -0.3 is 19.9 Å². The van der Waals surface area contributed by atoms with Crippen LogP contribution in [0.1, 0.15) is 51.4 Å². The van der Waals surface area contributed by atoms with Crippen LogP contribution >= 0.6 is 11.8 Å². The van der Waals surface area contributed by atoms with Gasteiger partial charge in [0, 0.05) is 24.0 Å². The van der Waals surface area contributed by atoms with Crippen LogP contribution in [0.5, 0.6) is 5.75 Å². The standard InChI is InChI=1S/C23H31N3O4S/c1-30-17-10-11-18-19(14-17)31-21(22(28)25-12-6-3-7-13-25)23(29)26(18)15-20(27)24-16-8-4-2-5-9-16/h10-11,14,16,21H,2-9,12-13,15H2,1H3,(H,24,27). The molecule has 3 aliphatic rings. The first-order valence-corrected chi connectivity index (χ1v) is 12.2. The third kappa shape index (κ3) is 5.00. The third-order valence-corrected chi connectivity index (χ3v) is 7.58. The number of carbonyl (C=O) groups excluding carboxylic acids is 3. The predicted octanol–water partition coefficient (Wildman–Crippen LogP) is 2.96. The molecule has 1 aromatic carbocycles. The predicted molar refractivity (Wildman–Crippen MR) is 120 cm³/mol. The fourth-order valence-electron chi connectivity index (χ4n) is 4.64. The lowest BCUT2D eigenvalue weighted by molar-refractivity contribution is -0.136.